The number of benzene rings is 2. The topological polar surface area (TPSA) is 59.6 Å². The van der Waals surface area contributed by atoms with Crippen molar-refractivity contribution in [1.82, 2.24) is 5.32 Å². The molecule has 1 heterocycles. The molecule has 0 aliphatic carbocycles. The summed E-state index contributed by atoms with van der Waals surface area (Å²) in [6.45, 7) is 3.00. The first-order valence-corrected chi connectivity index (χ1v) is 9.36. The Balaban J connectivity index is 2.10. The van der Waals surface area contributed by atoms with Gasteiger partial charge in [-0.1, -0.05) is 30.3 Å². The summed E-state index contributed by atoms with van der Waals surface area (Å²) in [6, 6.07) is 17.5. The van der Waals surface area contributed by atoms with Gasteiger partial charge in [0.25, 0.3) is 0 Å². The maximum absolute atomic E-state index is 13.8. The Morgan fingerprint density at radius 1 is 1.00 bits per heavy atom. The molecule has 1 aliphatic heterocycles. The predicted octanol–water partition coefficient (Wildman–Crippen LogP) is 1.60. The molecule has 0 amide bonds. The van der Waals surface area contributed by atoms with Crippen LogP contribution >= 0.6 is 7.87 Å². The molecule has 1 atom stereocenters. The molecule has 5 nitrogen and oxygen atoms in total. The van der Waals surface area contributed by atoms with Gasteiger partial charge < -0.3 is 15.5 Å². The maximum atomic E-state index is 13.8. The Bertz CT molecular complexity index is 641. The van der Waals surface area contributed by atoms with E-state index in [4.69, 9.17) is 4.52 Å². The third kappa shape index (κ3) is 3.33. The normalized spacial score (nSPS) is 22.1. The molecule has 2 aromatic rings. The molecular formula is C17H22N3O2P. The summed E-state index contributed by atoms with van der Waals surface area (Å²) in [4.78, 5) is 13.8. The highest BCUT2D eigenvalue weighted by Crippen LogP contribution is 2.56. The van der Waals surface area contributed by atoms with Crippen LogP contribution < -0.4 is 25.5 Å². The molecule has 6 heteroatoms. The van der Waals surface area contributed by atoms with Crippen LogP contribution in [0.1, 0.15) is 0 Å². The van der Waals surface area contributed by atoms with E-state index >= 15 is 0 Å². The van der Waals surface area contributed by atoms with Crippen LogP contribution in [0.2, 0.25) is 0 Å². The molecule has 0 fully saturated rings. The Morgan fingerprint density at radius 2 is 1.74 bits per heavy atom. The highest BCUT2D eigenvalue weighted by molar-refractivity contribution is 7.73. The van der Waals surface area contributed by atoms with Gasteiger partial charge in [-0.2, -0.15) is 0 Å². The van der Waals surface area contributed by atoms with E-state index in [1.807, 2.05) is 59.3 Å². The molecule has 23 heavy (non-hydrogen) atoms. The molecule has 1 aliphatic rings. The van der Waals surface area contributed by atoms with Crippen molar-refractivity contribution in [2.45, 2.75) is 0 Å². The van der Waals surface area contributed by atoms with Crippen LogP contribution in [0.15, 0.2) is 54.6 Å². The zero-order valence-electron chi connectivity index (χ0n) is 13.2. The van der Waals surface area contributed by atoms with Crippen LogP contribution in [-0.2, 0) is 4.52 Å². The van der Waals surface area contributed by atoms with E-state index in [1.54, 1.807) is 0 Å². The Hall–Kier alpha value is -1.65. The second-order valence-electron chi connectivity index (χ2n) is 5.36. The van der Waals surface area contributed by atoms with Crippen LogP contribution in [0.4, 0.5) is 11.4 Å². The molecular weight excluding hydrogens is 309 g/mol. The van der Waals surface area contributed by atoms with E-state index in [-0.39, 0.29) is 0 Å². The summed E-state index contributed by atoms with van der Waals surface area (Å²) in [7, 11) is -1.68. The molecule has 0 saturated heterocycles. The van der Waals surface area contributed by atoms with E-state index < -0.39 is 7.87 Å². The minimum absolute atomic E-state index is 0.615. The number of rotatable bonds is 2. The molecule has 2 aromatic carbocycles. The SMILES string of the molecule is CO[P+]1([O-])c2ccccc2NCCNCCN1c1ccccc1. The molecule has 0 spiro atoms. The van der Waals surface area contributed by atoms with Gasteiger partial charge in [-0.05, 0) is 24.3 Å². The summed E-state index contributed by atoms with van der Waals surface area (Å²) < 4.78 is 7.50. The average molecular weight is 331 g/mol. The summed E-state index contributed by atoms with van der Waals surface area (Å²) >= 11 is 0. The fourth-order valence-electron chi connectivity index (χ4n) is 2.80. The van der Waals surface area contributed by atoms with Crippen molar-refractivity contribution < 1.29 is 9.42 Å². The Morgan fingerprint density at radius 3 is 2.52 bits per heavy atom. The fraction of sp³-hybridized carbons (Fsp3) is 0.294. The number of nitrogens with zero attached hydrogens (tertiary/aromatic N) is 1. The first kappa shape index (κ1) is 16.2. The zero-order chi connectivity index (χ0) is 16.1. The van der Waals surface area contributed by atoms with Gasteiger partial charge >= 0.3 is 0 Å². The summed E-state index contributed by atoms with van der Waals surface area (Å²) in [5, 5.41) is 7.44. The predicted molar refractivity (Wildman–Crippen MR) is 95.2 cm³/mol. The Kier molecular flexibility index (Phi) is 5.13. The van der Waals surface area contributed by atoms with Crippen molar-refractivity contribution in [2.24, 2.45) is 0 Å². The van der Waals surface area contributed by atoms with Crippen molar-refractivity contribution in [3.05, 3.63) is 54.6 Å². The molecule has 0 radical (unpaired) electrons. The molecule has 122 valence electrons. The van der Waals surface area contributed by atoms with Gasteiger partial charge in [0.15, 0.2) is 5.30 Å². The minimum atomic E-state index is -3.20. The number of fused-ring (bicyclic) bond motifs is 1. The third-order valence-electron chi connectivity index (χ3n) is 3.95. The van der Waals surface area contributed by atoms with Crippen LogP contribution in [0.5, 0.6) is 0 Å². The van der Waals surface area contributed by atoms with E-state index in [0.29, 0.717) is 11.8 Å². The van der Waals surface area contributed by atoms with Gasteiger partial charge in [-0.3, -0.25) is 0 Å². The molecule has 0 bridgehead atoms. The Labute approximate surface area is 137 Å². The summed E-state index contributed by atoms with van der Waals surface area (Å²) in [6.07, 6.45) is 0. The quantitative estimate of drug-likeness (QED) is 0.819. The molecule has 3 rings (SSSR count). The lowest BCUT2D eigenvalue weighted by molar-refractivity contribution is -0.187. The van der Waals surface area contributed by atoms with Crippen molar-refractivity contribution in [3.63, 3.8) is 0 Å². The number of hydrogen-bond acceptors (Lipinski definition) is 5. The fourth-order valence-corrected chi connectivity index (χ4v) is 4.99. The standard InChI is InChI=1S/C17H22N3O2P/c1-22-23(21)17-10-6-5-9-16(17)19-12-11-18-13-14-20(23)15-7-3-2-4-8-15/h2-10,18-19H,11-14H2,1H3. The minimum Gasteiger partial charge on any atom is -0.633 e. The summed E-state index contributed by atoms with van der Waals surface area (Å²) in [5.74, 6) is 0. The van der Waals surface area contributed by atoms with Crippen molar-refractivity contribution in [3.8, 4) is 0 Å². The second-order valence-corrected chi connectivity index (χ2v) is 7.73. The highest BCUT2D eigenvalue weighted by atomic mass is 31.2. The second kappa shape index (κ2) is 7.28. The monoisotopic (exact) mass is 331 g/mol. The average Bonchev–Trinajstić information content (AvgIpc) is 2.61. The van der Waals surface area contributed by atoms with Crippen LogP contribution in [0.3, 0.4) is 0 Å². The van der Waals surface area contributed by atoms with Gasteiger partial charge in [0.2, 0.25) is 7.87 Å². The van der Waals surface area contributed by atoms with Crippen molar-refractivity contribution in [1.29, 1.82) is 0 Å². The highest BCUT2D eigenvalue weighted by Gasteiger charge is 2.40. The number of para-hydroxylation sites is 2. The maximum Gasteiger partial charge on any atom is 0.232 e. The largest absolute Gasteiger partial charge is 0.633 e. The van der Waals surface area contributed by atoms with Crippen molar-refractivity contribution in [2.75, 3.05) is 43.3 Å². The van der Waals surface area contributed by atoms with Gasteiger partial charge in [-0.15, -0.1) is 0 Å². The van der Waals surface area contributed by atoms with Crippen molar-refractivity contribution >= 4 is 24.5 Å². The molecule has 2 N–H and O–H groups in total. The van der Waals surface area contributed by atoms with E-state index in [1.165, 1.54) is 7.11 Å². The zero-order valence-corrected chi connectivity index (χ0v) is 14.1. The number of hydrogen-bond donors (Lipinski definition) is 2. The van der Waals surface area contributed by atoms with Gasteiger partial charge in [0.05, 0.1) is 25.0 Å². The number of nitrogens with one attached hydrogen (secondary N) is 2. The molecule has 0 aromatic heterocycles. The van der Waals surface area contributed by atoms with E-state index in [9.17, 15) is 4.89 Å². The summed E-state index contributed by atoms with van der Waals surface area (Å²) in [5.41, 5.74) is 1.76. The van der Waals surface area contributed by atoms with Gasteiger partial charge in [-0.25, -0.2) is 9.19 Å². The van der Waals surface area contributed by atoms with Crippen LogP contribution in [0.25, 0.3) is 0 Å². The first-order valence-electron chi connectivity index (χ1n) is 7.79. The molecule has 0 saturated carbocycles. The first-order chi connectivity index (χ1) is 11.3. The van der Waals surface area contributed by atoms with E-state index in [2.05, 4.69) is 10.6 Å². The van der Waals surface area contributed by atoms with Crippen LogP contribution in [-0.4, -0.2) is 33.3 Å². The van der Waals surface area contributed by atoms with E-state index in [0.717, 1.165) is 31.0 Å². The third-order valence-corrected chi connectivity index (χ3v) is 6.51. The lowest BCUT2D eigenvalue weighted by atomic mass is 10.3. The van der Waals surface area contributed by atoms with Gasteiger partial charge in [0, 0.05) is 19.6 Å². The smallest absolute Gasteiger partial charge is 0.232 e. The van der Waals surface area contributed by atoms with Crippen LogP contribution in [0, 0.1) is 0 Å². The lowest BCUT2D eigenvalue weighted by Crippen LogP contribution is -2.44. The lowest BCUT2D eigenvalue weighted by Gasteiger charge is -2.39. The number of anilines is 2. The van der Waals surface area contributed by atoms with Gasteiger partial charge in [0.1, 0.15) is 0 Å². The molecule has 1 unspecified atom stereocenters.